The molecule has 0 unspecified atom stereocenters. The molecule has 0 saturated heterocycles. The Morgan fingerprint density at radius 1 is 1.21 bits per heavy atom. The van der Waals surface area contributed by atoms with Crippen LogP contribution in [-0.4, -0.2) is 37.2 Å². The Kier molecular flexibility index (Phi) is 5.26. The van der Waals surface area contributed by atoms with Crippen molar-refractivity contribution in [2.45, 2.75) is 20.4 Å². The molecule has 0 aliphatic rings. The summed E-state index contributed by atoms with van der Waals surface area (Å²) in [4.78, 5) is 2.10. The lowest BCUT2D eigenvalue weighted by molar-refractivity contribution is 0.232. The van der Waals surface area contributed by atoms with Gasteiger partial charge in [0, 0.05) is 19.6 Å². The number of phenolic OH excluding ortho intramolecular Hbond substituents is 1. The Morgan fingerprint density at radius 3 is 2.21 bits per heavy atom. The number of hydrogen-bond donors (Lipinski definition) is 2. The average Bonchev–Trinajstić information content (AvgIpc) is 2.23. The Balaban J connectivity index is 2.54. The lowest BCUT2D eigenvalue weighted by atomic mass is 9.93. The summed E-state index contributed by atoms with van der Waals surface area (Å²) in [5.74, 6) is -2.77. The molecule has 0 aromatic heterocycles. The van der Waals surface area contributed by atoms with Crippen LogP contribution in [0.1, 0.15) is 19.4 Å². The van der Waals surface area contributed by atoms with Crippen LogP contribution in [0.3, 0.4) is 0 Å². The summed E-state index contributed by atoms with van der Waals surface area (Å²) in [6, 6.07) is 2.29. The molecule has 3 nitrogen and oxygen atoms in total. The first kappa shape index (κ1) is 15.9. The topological polar surface area (TPSA) is 35.5 Å². The first-order chi connectivity index (χ1) is 8.71. The Labute approximate surface area is 113 Å². The molecule has 0 amide bonds. The zero-order valence-corrected chi connectivity index (χ0v) is 11.9. The van der Waals surface area contributed by atoms with Crippen molar-refractivity contribution in [1.82, 2.24) is 10.2 Å². The number of nitrogens with zero attached hydrogens (tertiary/aromatic N) is 1. The third-order valence-electron chi connectivity index (χ3n) is 2.75. The molecule has 0 radical (unpaired) electrons. The number of phenols is 1. The maximum atomic E-state index is 13.1. The molecular formula is C14H22F2N2O. The Morgan fingerprint density at radius 2 is 1.74 bits per heavy atom. The van der Waals surface area contributed by atoms with Gasteiger partial charge in [0.2, 0.25) is 0 Å². The van der Waals surface area contributed by atoms with Gasteiger partial charge in [-0.15, -0.1) is 0 Å². The Bertz CT molecular complexity index is 410. The molecule has 0 atom stereocenters. The van der Waals surface area contributed by atoms with Gasteiger partial charge in [-0.2, -0.15) is 0 Å². The highest BCUT2D eigenvalue weighted by Gasteiger charge is 2.18. The van der Waals surface area contributed by atoms with Crippen LogP contribution in [0, 0.1) is 17.0 Å². The van der Waals surface area contributed by atoms with Crippen LogP contribution >= 0.6 is 0 Å². The van der Waals surface area contributed by atoms with Crippen LogP contribution in [0.2, 0.25) is 0 Å². The molecule has 0 heterocycles. The van der Waals surface area contributed by atoms with Crippen molar-refractivity contribution in [2.24, 2.45) is 5.41 Å². The number of benzene rings is 1. The van der Waals surface area contributed by atoms with Gasteiger partial charge in [-0.3, -0.25) is 0 Å². The van der Waals surface area contributed by atoms with Gasteiger partial charge in [-0.1, -0.05) is 13.8 Å². The van der Waals surface area contributed by atoms with Crippen LogP contribution in [-0.2, 0) is 6.54 Å². The second kappa shape index (κ2) is 6.30. The van der Waals surface area contributed by atoms with Gasteiger partial charge in [-0.05, 0) is 37.2 Å². The second-order valence-corrected chi connectivity index (χ2v) is 5.91. The molecule has 0 aliphatic carbocycles. The van der Waals surface area contributed by atoms with Crippen LogP contribution in [0.15, 0.2) is 12.1 Å². The molecular weight excluding hydrogens is 250 g/mol. The summed E-state index contributed by atoms with van der Waals surface area (Å²) in [7, 11) is 4.01. The zero-order chi connectivity index (χ0) is 14.6. The van der Waals surface area contributed by atoms with E-state index in [1.807, 2.05) is 14.1 Å². The highest BCUT2D eigenvalue weighted by atomic mass is 19.1. The van der Waals surface area contributed by atoms with Gasteiger partial charge < -0.3 is 15.3 Å². The second-order valence-electron chi connectivity index (χ2n) is 5.91. The summed E-state index contributed by atoms with van der Waals surface area (Å²) in [5.41, 5.74) is 0.547. The van der Waals surface area contributed by atoms with Gasteiger partial charge in [-0.25, -0.2) is 8.78 Å². The largest absolute Gasteiger partial charge is 0.503 e. The first-order valence-electron chi connectivity index (χ1n) is 6.23. The van der Waals surface area contributed by atoms with E-state index in [2.05, 4.69) is 24.1 Å². The minimum Gasteiger partial charge on any atom is -0.503 e. The molecule has 0 spiro atoms. The maximum Gasteiger partial charge on any atom is 0.187 e. The molecule has 2 N–H and O–H groups in total. The van der Waals surface area contributed by atoms with Crippen molar-refractivity contribution in [3.63, 3.8) is 0 Å². The van der Waals surface area contributed by atoms with Crippen molar-refractivity contribution in [3.8, 4) is 5.75 Å². The van der Waals surface area contributed by atoms with Crippen molar-refractivity contribution < 1.29 is 13.9 Å². The summed E-state index contributed by atoms with van der Waals surface area (Å²) in [5, 5.41) is 12.2. The molecule has 1 aromatic carbocycles. The van der Waals surface area contributed by atoms with Gasteiger partial charge in [0.05, 0.1) is 0 Å². The third kappa shape index (κ3) is 5.12. The fraction of sp³-hybridized carbons (Fsp3) is 0.571. The number of aromatic hydroxyl groups is 1. The monoisotopic (exact) mass is 272 g/mol. The fourth-order valence-electron chi connectivity index (χ4n) is 2.18. The fourth-order valence-corrected chi connectivity index (χ4v) is 2.18. The standard InChI is InChI=1S/C14H22F2N2O/c1-14(2,9-18(3)4)8-17-7-10-5-11(15)13(19)12(16)6-10/h5-6,17,19H,7-9H2,1-4H3. The maximum absolute atomic E-state index is 13.1. The van der Waals surface area contributed by atoms with Crippen LogP contribution < -0.4 is 5.32 Å². The van der Waals surface area contributed by atoms with Crippen molar-refractivity contribution in [1.29, 1.82) is 0 Å². The van der Waals surface area contributed by atoms with Crippen LogP contribution in [0.5, 0.6) is 5.75 Å². The molecule has 1 rings (SSSR count). The van der Waals surface area contributed by atoms with E-state index >= 15 is 0 Å². The van der Waals surface area contributed by atoms with E-state index < -0.39 is 17.4 Å². The highest BCUT2D eigenvalue weighted by Crippen LogP contribution is 2.21. The normalized spacial score (nSPS) is 12.2. The molecule has 5 heteroatoms. The first-order valence-corrected chi connectivity index (χ1v) is 6.23. The minimum absolute atomic E-state index is 0.0670. The molecule has 0 bridgehead atoms. The summed E-state index contributed by atoms with van der Waals surface area (Å²) < 4.78 is 26.3. The smallest absolute Gasteiger partial charge is 0.187 e. The van der Waals surface area contributed by atoms with Gasteiger partial charge in [0.1, 0.15) is 0 Å². The van der Waals surface area contributed by atoms with Crippen molar-refractivity contribution in [2.75, 3.05) is 27.2 Å². The van der Waals surface area contributed by atoms with Gasteiger partial charge >= 0.3 is 0 Å². The van der Waals surface area contributed by atoms with E-state index in [0.717, 1.165) is 25.2 Å². The minimum atomic E-state index is -0.927. The molecule has 0 fully saturated rings. The van der Waals surface area contributed by atoms with Crippen molar-refractivity contribution >= 4 is 0 Å². The summed E-state index contributed by atoms with van der Waals surface area (Å²) >= 11 is 0. The summed E-state index contributed by atoms with van der Waals surface area (Å²) in [6.07, 6.45) is 0. The van der Waals surface area contributed by atoms with E-state index in [-0.39, 0.29) is 5.41 Å². The van der Waals surface area contributed by atoms with Gasteiger partial charge in [0.15, 0.2) is 17.4 Å². The molecule has 1 aromatic rings. The number of nitrogens with one attached hydrogen (secondary N) is 1. The van der Waals surface area contributed by atoms with E-state index in [1.54, 1.807) is 0 Å². The molecule has 19 heavy (non-hydrogen) atoms. The molecule has 108 valence electrons. The van der Waals surface area contributed by atoms with Gasteiger partial charge in [0.25, 0.3) is 0 Å². The highest BCUT2D eigenvalue weighted by molar-refractivity contribution is 5.29. The lowest BCUT2D eigenvalue weighted by Gasteiger charge is -2.28. The lowest BCUT2D eigenvalue weighted by Crippen LogP contribution is -2.37. The van der Waals surface area contributed by atoms with Crippen LogP contribution in [0.4, 0.5) is 8.78 Å². The number of hydrogen-bond acceptors (Lipinski definition) is 3. The molecule has 0 aliphatic heterocycles. The average molecular weight is 272 g/mol. The van der Waals surface area contributed by atoms with Crippen molar-refractivity contribution in [3.05, 3.63) is 29.3 Å². The van der Waals surface area contributed by atoms with Crippen LogP contribution in [0.25, 0.3) is 0 Å². The Hall–Kier alpha value is -1.20. The number of rotatable bonds is 6. The quantitative estimate of drug-likeness (QED) is 0.834. The van der Waals surface area contributed by atoms with E-state index in [4.69, 9.17) is 5.11 Å². The summed E-state index contributed by atoms with van der Waals surface area (Å²) in [6.45, 7) is 6.26. The predicted octanol–water partition coefficient (Wildman–Crippen LogP) is 2.35. The zero-order valence-electron chi connectivity index (χ0n) is 11.9. The van der Waals surface area contributed by atoms with E-state index in [1.165, 1.54) is 0 Å². The molecule has 0 saturated carbocycles. The SMILES string of the molecule is CN(C)CC(C)(C)CNCc1cc(F)c(O)c(F)c1. The van der Waals surface area contributed by atoms with E-state index in [9.17, 15) is 8.78 Å². The number of halogens is 2. The van der Waals surface area contributed by atoms with E-state index in [0.29, 0.717) is 12.1 Å². The third-order valence-corrected chi connectivity index (χ3v) is 2.75. The predicted molar refractivity (Wildman–Crippen MR) is 72.1 cm³/mol.